The average molecular weight is 535 g/mol. The second-order valence-corrected chi connectivity index (χ2v) is 8.57. The second kappa shape index (κ2) is 13.5. The molecular weight excluding hydrogens is 504 g/mol. The zero-order chi connectivity index (χ0) is 27.7. The Morgan fingerprint density at radius 3 is 2.58 bits per heavy atom. The molecule has 1 aromatic rings. The number of hydrogen-bond acceptors (Lipinski definition) is 10. The van der Waals surface area contributed by atoms with Crippen LogP contribution in [-0.2, 0) is 40.1 Å². The van der Waals surface area contributed by atoms with Crippen molar-refractivity contribution in [3.05, 3.63) is 35.9 Å². The maximum Gasteiger partial charge on any atom is 0.333 e. The van der Waals surface area contributed by atoms with Crippen LogP contribution in [0, 0.1) is 0 Å². The number of ether oxygens (including phenoxy) is 4. The van der Waals surface area contributed by atoms with Gasteiger partial charge in [0, 0.05) is 49.6 Å². The summed E-state index contributed by atoms with van der Waals surface area (Å²) < 4.78 is 22.2. The highest BCUT2D eigenvalue weighted by Crippen LogP contribution is 2.29. The van der Waals surface area contributed by atoms with Crippen LogP contribution in [0.2, 0.25) is 0 Å². The Morgan fingerprint density at radius 1 is 1.16 bits per heavy atom. The lowest BCUT2D eigenvalue weighted by molar-refractivity contribution is -0.195. The average Bonchev–Trinajstić information content (AvgIpc) is 3.19. The van der Waals surface area contributed by atoms with E-state index in [1.165, 1.54) is 6.07 Å². The van der Waals surface area contributed by atoms with E-state index in [0.717, 1.165) is 17.1 Å². The van der Waals surface area contributed by atoms with E-state index in [-0.39, 0.29) is 51.3 Å². The van der Waals surface area contributed by atoms with Crippen LogP contribution in [0.4, 0.5) is 0 Å². The molecule has 2 heterocycles. The van der Waals surface area contributed by atoms with Crippen molar-refractivity contribution in [2.24, 2.45) is 0 Å². The molecule has 0 aliphatic carbocycles. The van der Waals surface area contributed by atoms with E-state index in [0.29, 0.717) is 17.7 Å². The third-order valence-electron chi connectivity index (χ3n) is 5.63. The first-order chi connectivity index (χ1) is 18.2. The quantitative estimate of drug-likeness (QED) is 0.180. The SMILES string of the molecule is CCC(=O)OCc1ccc(O[C@H]2C[C@@H](O)C[C@@H](C(=O)O)O2)cc1OCCCNC(=O)CN1C(=O)C=CC1=O. The summed E-state index contributed by atoms with van der Waals surface area (Å²) in [6.45, 7) is 1.60. The molecule has 206 valence electrons. The number of hydrogen-bond donors (Lipinski definition) is 3. The minimum atomic E-state index is -1.20. The molecule has 3 amide bonds. The summed E-state index contributed by atoms with van der Waals surface area (Å²) in [6, 6.07) is 4.74. The van der Waals surface area contributed by atoms with Gasteiger partial charge >= 0.3 is 11.9 Å². The molecule has 0 unspecified atom stereocenters. The zero-order valence-corrected chi connectivity index (χ0v) is 20.8. The molecule has 2 aliphatic rings. The molecule has 1 fully saturated rings. The molecule has 0 radical (unpaired) electrons. The van der Waals surface area contributed by atoms with Crippen molar-refractivity contribution in [3.63, 3.8) is 0 Å². The van der Waals surface area contributed by atoms with Crippen LogP contribution in [-0.4, -0.2) is 83.0 Å². The highest BCUT2D eigenvalue weighted by Gasteiger charge is 2.34. The Kier molecular flexibility index (Phi) is 10.2. The van der Waals surface area contributed by atoms with Gasteiger partial charge < -0.3 is 34.5 Å². The van der Waals surface area contributed by atoms with E-state index in [4.69, 9.17) is 18.9 Å². The van der Waals surface area contributed by atoms with Crippen molar-refractivity contribution in [1.29, 1.82) is 0 Å². The van der Waals surface area contributed by atoms with Crippen LogP contribution in [0.1, 0.15) is 38.2 Å². The van der Waals surface area contributed by atoms with Gasteiger partial charge in [0.15, 0.2) is 6.10 Å². The van der Waals surface area contributed by atoms with Crippen molar-refractivity contribution in [2.75, 3.05) is 19.7 Å². The van der Waals surface area contributed by atoms with Crippen LogP contribution in [0.3, 0.4) is 0 Å². The van der Waals surface area contributed by atoms with Crippen molar-refractivity contribution in [3.8, 4) is 11.5 Å². The number of nitrogens with zero attached hydrogens (tertiary/aromatic N) is 1. The number of nitrogens with one attached hydrogen (secondary N) is 1. The maximum atomic E-state index is 12.0. The molecule has 3 atom stereocenters. The molecule has 0 spiro atoms. The van der Waals surface area contributed by atoms with Gasteiger partial charge in [0.2, 0.25) is 12.2 Å². The largest absolute Gasteiger partial charge is 0.493 e. The Hall–Kier alpha value is -3.97. The summed E-state index contributed by atoms with van der Waals surface area (Å²) in [5, 5.41) is 21.8. The molecule has 1 aromatic carbocycles. The van der Waals surface area contributed by atoms with Crippen molar-refractivity contribution < 1.29 is 53.1 Å². The third-order valence-corrected chi connectivity index (χ3v) is 5.63. The molecule has 0 saturated carbocycles. The predicted octanol–water partition coefficient (Wildman–Crippen LogP) is 0.279. The van der Waals surface area contributed by atoms with Gasteiger partial charge in [-0.05, 0) is 18.6 Å². The molecule has 38 heavy (non-hydrogen) atoms. The first kappa shape index (κ1) is 28.6. The number of carboxylic acid groups (broad SMARTS) is 1. The Bertz CT molecular complexity index is 1070. The summed E-state index contributed by atoms with van der Waals surface area (Å²) in [7, 11) is 0. The topological polar surface area (TPSA) is 178 Å². The first-order valence-corrected chi connectivity index (χ1v) is 12.1. The van der Waals surface area contributed by atoms with Gasteiger partial charge in [0.25, 0.3) is 11.8 Å². The molecule has 13 heteroatoms. The van der Waals surface area contributed by atoms with E-state index >= 15 is 0 Å². The highest BCUT2D eigenvalue weighted by atomic mass is 16.7. The van der Waals surface area contributed by atoms with Gasteiger partial charge in [-0.3, -0.25) is 24.1 Å². The van der Waals surface area contributed by atoms with Crippen LogP contribution in [0.25, 0.3) is 0 Å². The fraction of sp³-hybridized carbons (Fsp3) is 0.480. The maximum absolute atomic E-state index is 12.0. The number of benzene rings is 1. The number of carbonyl (C=O) groups excluding carboxylic acids is 4. The number of imide groups is 1. The summed E-state index contributed by atoms with van der Waals surface area (Å²) >= 11 is 0. The lowest BCUT2D eigenvalue weighted by Crippen LogP contribution is -2.42. The normalized spacial score (nSPS) is 20.8. The molecule has 3 N–H and O–H groups in total. The first-order valence-electron chi connectivity index (χ1n) is 12.1. The number of rotatable bonds is 13. The number of carboxylic acids is 1. The molecule has 0 bridgehead atoms. The fourth-order valence-electron chi connectivity index (χ4n) is 3.64. The van der Waals surface area contributed by atoms with E-state index in [9.17, 15) is 34.2 Å². The number of aliphatic carboxylic acids is 1. The number of amides is 3. The minimum absolute atomic E-state index is 0.0383. The van der Waals surface area contributed by atoms with Gasteiger partial charge in [-0.1, -0.05) is 6.92 Å². The second-order valence-electron chi connectivity index (χ2n) is 8.57. The number of aliphatic hydroxyl groups is 1. The van der Waals surface area contributed by atoms with Gasteiger partial charge in [0.1, 0.15) is 24.7 Å². The monoisotopic (exact) mass is 534 g/mol. The summed E-state index contributed by atoms with van der Waals surface area (Å²) in [5.41, 5.74) is 0.551. The highest BCUT2D eigenvalue weighted by molar-refractivity contribution is 6.14. The van der Waals surface area contributed by atoms with Crippen molar-refractivity contribution in [2.45, 2.75) is 57.7 Å². The third kappa shape index (κ3) is 8.28. The van der Waals surface area contributed by atoms with Gasteiger partial charge in [-0.25, -0.2) is 4.79 Å². The van der Waals surface area contributed by atoms with Gasteiger partial charge in [0.05, 0.1) is 12.7 Å². The van der Waals surface area contributed by atoms with Gasteiger partial charge in [-0.2, -0.15) is 0 Å². The Labute approximate surface area is 218 Å². The zero-order valence-electron chi connectivity index (χ0n) is 20.8. The van der Waals surface area contributed by atoms with E-state index in [1.807, 2.05) is 0 Å². The molecule has 2 aliphatic heterocycles. The molecule has 3 rings (SSSR count). The number of esters is 1. The van der Waals surface area contributed by atoms with Crippen LogP contribution >= 0.6 is 0 Å². The fourth-order valence-corrected chi connectivity index (χ4v) is 3.64. The lowest BCUT2D eigenvalue weighted by atomic mass is 10.1. The van der Waals surface area contributed by atoms with E-state index in [2.05, 4.69) is 5.32 Å². The van der Waals surface area contributed by atoms with Crippen LogP contribution in [0.15, 0.2) is 30.4 Å². The summed E-state index contributed by atoms with van der Waals surface area (Å²) in [4.78, 5) is 58.8. The van der Waals surface area contributed by atoms with Crippen molar-refractivity contribution >= 4 is 29.7 Å². The van der Waals surface area contributed by atoms with Crippen molar-refractivity contribution in [1.82, 2.24) is 10.2 Å². The van der Waals surface area contributed by atoms with Crippen LogP contribution < -0.4 is 14.8 Å². The van der Waals surface area contributed by atoms with E-state index in [1.54, 1.807) is 19.1 Å². The van der Waals surface area contributed by atoms with Crippen LogP contribution in [0.5, 0.6) is 11.5 Å². The molecule has 1 saturated heterocycles. The standard InChI is InChI=1S/C25H30N2O11/c1-2-23(32)36-14-15-4-5-17(37-24-11-16(28)10-19(38-24)25(33)34)12-18(15)35-9-3-8-26-20(29)13-27-21(30)6-7-22(27)31/h4-7,12,16,19,24,28H,2-3,8-11,13-14H2,1H3,(H,26,29)(H,33,34)/t16-,19-,24+/m0/s1. The summed E-state index contributed by atoms with van der Waals surface area (Å²) in [5.74, 6) is -2.55. The minimum Gasteiger partial charge on any atom is -0.493 e. The van der Waals surface area contributed by atoms with E-state index < -0.39 is 48.2 Å². The number of carbonyl (C=O) groups is 5. The lowest BCUT2D eigenvalue weighted by Gasteiger charge is -2.31. The van der Waals surface area contributed by atoms with Gasteiger partial charge in [-0.15, -0.1) is 0 Å². The number of aliphatic hydroxyl groups excluding tert-OH is 1. The summed E-state index contributed by atoms with van der Waals surface area (Å²) in [6.07, 6.45) is -0.253. The Morgan fingerprint density at radius 2 is 1.89 bits per heavy atom. The molecule has 13 nitrogen and oxygen atoms in total. The smallest absolute Gasteiger partial charge is 0.333 e. The Balaban J connectivity index is 1.55. The molecule has 0 aromatic heterocycles. The molecular formula is C25H30N2O11. The predicted molar refractivity (Wildman–Crippen MR) is 128 cm³/mol.